The first-order chi connectivity index (χ1) is 10.2. The Bertz CT molecular complexity index is 858. The zero-order valence-electron chi connectivity index (χ0n) is 11.8. The van der Waals surface area contributed by atoms with Gasteiger partial charge in [0.15, 0.2) is 5.82 Å². The van der Waals surface area contributed by atoms with Gasteiger partial charge in [-0.1, -0.05) is 24.3 Å². The number of aromatic nitrogens is 2. The summed E-state index contributed by atoms with van der Waals surface area (Å²) in [5, 5.41) is 0.906. The minimum absolute atomic E-state index is 0.524. The van der Waals surface area contributed by atoms with Gasteiger partial charge in [0.05, 0.1) is 18.7 Å². The lowest BCUT2D eigenvalue weighted by Crippen LogP contribution is -1.99. The van der Waals surface area contributed by atoms with Crippen LogP contribution in [-0.4, -0.2) is 9.97 Å². The van der Waals surface area contributed by atoms with E-state index in [4.69, 9.17) is 15.5 Å². The third-order valence-corrected chi connectivity index (χ3v) is 3.94. The number of nitrogens with two attached hydrogens (primary N) is 1. The lowest BCUT2D eigenvalue weighted by atomic mass is 10.1. The summed E-state index contributed by atoms with van der Waals surface area (Å²) in [5.41, 5.74) is 11.5. The first-order valence-electron chi connectivity index (χ1n) is 6.95. The second kappa shape index (κ2) is 4.53. The average Bonchev–Trinajstić information content (AvgIpc) is 2.95. The topological polar surface area (TPSA) is 61.0 Å². The summed E-state index contributed by atoms with van der Waals surface area (Å²) in [7, 11) is 0. The number of aryl methyl sites for hydroxylation is 1. The molecule has 1 aromatic heterocycles. The van der Waals surface area contributed by atoms with Gasteiger partial charge >= 0.3 is 0 Å². The number of rotatable bonds is 1. The number of para-hydroxylation sites is 1. The minimum atomic E-state index is 0.524. The van der Waals surface area contributed by atoms with Gasteiger partial charge in [-0.3, -0.25) is 0 Å². The summed E-state index contributed by atoms with van der Waals surface area (Å²) >= 11 is 0. The molecule has 2 heterocycles. The number of hydrogen-bond donors (Lipinski definition) is 1. The summed E-state index contributed by atoms with van der Waals surface area (Å²) in [6, 6.07) is 12.2. The minimum Gasteiger partial charge on any atom is -0.383 e. The van der Waals surface area contributed by atoms with Crippen LogP contribution < -0.4 is 5.73 Å². The van der Waals surface area contributed by atoms with Gasteiger partial charge in [0.2, 0.25) is 0 Å². The number of anilines is 1. The van der Waals surface area contributed by atoms with Crippen LogP contribution in [0.5, 0.6) is 0 Å². The summed E-state index contributed by atoms with van der Waals surface area (Å²) in [4.78, 5) is 9.16. The zero-order valence-corrected chi connectivity index (χ0v) is 11.8. The monoisotopic (exact) mass is 277 g/mol. The molecular formula is C17H15N3O. The van der Waals surface area contributed by atoms with E-state index in [1.165, 1.54) is 11.1 Å². The zero-order chi connectivity index (χ0) is 14.4. The second-order valence-corrected chi connectivity index (χ2v) is 5.38. The maximum absolute atomic E-state index is 6.10. The fraction of sp³-hybridized carbons (Fsp3) is 0.176. The third kappa shape index (κ3) is 1.96. The summed E-state index contributed by atoms with van der Waals surface area (Å²) in [6.07, 6.45) is 0. The van der Waals surface area contributed by atoms with Crippen LogP contribution in [0.1, 0.15) is 16.7 Å². The molecule has 4 heteroatoms. The quantitative estimate of drug-likeness (QED) is 0.742. The van der Waals surface area contributed by atoms with Crippen LogP contribution in [-0.2, 0) is 18.0 Å². The van der Waals surface area contributed by atoms with E-state index < -0.39 is 0 Å². The lowest BCUT2D eigenvalue weighted by Gasteiger charge is -2.08. The van der Waals surface area contributed by atoms with Crippen LogP contribution in [0.3, 0.4) is 0 Å². The van der Waals surface area contributed by atoms with Crippen LogP contribution >= 0.6 is 0 Å². The highest BCUT2D eigenvalue weighted by atomic mass is 16.5. The van der Waals surface area contributed by atoms with E-state index in [9.17, 15) is 0 Å². The van der Waals surface area contributed by atoms with Crippen molar-refractivity contribution in [2.24, 2.45) is 0 Å². The van der Waals surface area contributed by atoms with Crippen molar-refractivity contribution in [2.75, 3.05) is 5.73 Å². The molecule has 0 radical (unpaired) electrons. The van der Waals surface area contributed by atoms with Crippen molar-refractivity contribution >= 4 is 16.7 Å². The van der Waals surface area contributed by atoms with Crippen LogP contribution in [0.25, 0.3) is 22.3 Å². The van der Waals surface area contributed by atoms with Gasteiger partial charge in [0.1, 0.15) is 5.82 Å². The number of benzene rings is 2. The van der Waals surface area contributed by atoms with E-state index in [1.54, 1.807) is 0 Å². The molecule has 0 bridgehead atoms. The molecule has 0 saturated carbocycles. The Morgan fingerprint density at radius 3 is 2.81 bits per heavy atom. The lowest BCUT2D eigenvalue weighted by molar-refractivity contribution is 0.134. The maximum atomic E-state index is 6.10. The molecule has 0 fully saturated rings. The van der Waals surface area contributed by atoms with Crippen LogP contribution in [0.4, 0.5) is 5.82 Å². The predicted molar refractivity (Wildman–Crippen MR) is 82.6 cm³/mol. The van der Waals surface area contributed by atoms with Crippen LogP contribution in [0, 0.1) is 6.92 Å². The number of fused-ring (bicyclic) bond motifs is 2. The molecule has 4 nitrogen and oxygen atoms in total. The first-order valence-corrected chi connectivity index (χ1v) is 6.95. The van der Waals surface area contributed by atoms with Crippen molar-refractivity contribution in [1.29, 1.82) is 0 Å². The Kier molecular flexibility index (Phi) is 2.65. The summed E-state index contributed by atoms with van der Waals surface area (Å²) in [5.74, 6) is 1.19. The maximum Gasteiger partial charge on any atom is 0.162 e. The van der Waals surface area contributed by atoms with Gasteiger partial charge in [-0.25, -0.2) is 9.97 Å². The molecule has 0 aliphatic carbocycles. The summed E-state index contributed by atoms with van der Waals surface area (Å²) in [6.45, 7) is 3.38. The largest absolute Gasteiger partial charge is 0.383 e. The molecule has 0 atom stereocenters. The van der Waals surface area contributed by atoms with Crippen molar-refractivity contribution in [3.05, 3.63) is 53.1 Å². The van der Waals surface area contributed by atoms with Gasteiger partial charge in [0.25, 0.3) is 0 Å². The Hall–Kier alpha value is -2.46. The first kappa shape index (κ1) is 12.3. The Labute approximate surface area is 122 Å². The highest BCUT2D eigenvalue weighted by Gasteiger charge is 2.14. The van der Waals surface area contributed by atoms with E-state index >= 15 is 0 Å². The van der Waals surface area contributed by atoms with Crippen molar-refractivity contribution in [3.63, 3.8) is 0 Å². The molecule has 1 aliphatic rings. The number of ether oxygens (including phenoxy) is 1. The molecule has 4 rings (SSSR count). The smallest absolute Gasteiger partial charge is 0.162 e. The van der Waals surface area contributed by atoms with Gasteiger partial charge in [0, 0.05) is 10.9 Å². The molecule has 0 saturated heterocycles. The molecular weight excluding hydrogens is 262 g/mol. The van der Waals surface area contributed by atoms with E-state index in [0.29, 0.717) is 24.9 Å². The van der Waals surface area contributed by atoms with Gasteiger partial charge in [-0.15, -0.1) is 0 Å². The van der Waals surface area contributed by atoms with Crippen LogP contribution in [0.15, 0.2) is 36.4 Å². The van der Waals surface area contributed by atoms with E-state index in [1.807, 2.05) is 31.2 Å². The fourth-order valence-electron chi connectivity index (χ4n) is 2.76. The van der Waals surface area contributed by atoms with Crippen molar-refractivity contribution < 1.29 is 4.74 Å². The molecule has 1 aliphatic heterocycles. The standard InChI is InChI=1S/C17H15N3O/c1-10-3-2-4-14-15(10)19-17(20-16(14)18)11-5-6-12-8-21-9-13(12)7-11/h2-7H,8-9H2,1H3,(H2,18,19,20). The number of hydrogen-bond acceptors (Lipinski definition) is 4. The normalized spacial score (nSPS) is 13.6. The van der Waals surface area contributed by atoms with Crippen molar-refractivity contribution in [3.8, 4) is 11.4 Å². The second-order valence-electron chi connectivity index (χ2n) is 5.38. The Balaban J connectivity index is 1.92. The van der Waals surface area contributed by atoms with Crippen LogP contribution in [0.2, 0.25) is 0 Å². The molecule has 0 amide bonds. The van der Waals surface area contributed by atoms with Gasteiger partial charge in [-0.05, 0) is 35.7 Å². The van der Waals surface area contributed by atoms with Gasteiger partial charge in [-0.2, -0.15) is 0 Å². The highest BCUT2D eigenvalue weighted by Crippen LogP contribution is 2.28. The van der Waals surface area contributed by atoms with Crippen molar-refractivity contribution in [1.82, 2.24) is 9.97 Å². The highest BCUT2D eigenvalue weighted by molar-refractivity contribution is 5.91. The van der Waals surface area contributed by atoms with E-state index in [0.717, 1.165) is 22.0 Å². The molecule has 0 spiro atoms. The molecule has 0 unspecified atom stereocenters. The number of nitrogens with zero attached hydrogens (tertiary/aromatic N) is 2. The van der Waals surface area contributed by atoms with E-state index in [-0.39, 0.29) is 0 Å². The molecule has 2 aromatic carbocycles. The Morgan fingerprint density at radius 2 is 1.90 bits per heavy atom. The molecule has 21 heavy (non-hydrogen) atoms. The molecule has 2 N–H and O–H groups in total. The third-order valence-electron chi connectivity index (χ3n) is 3.94. The summed E-state index contributed by atoms with van der Waals surface area (Å²) < 4.78 is 5.45. The van der Waals surface area contributed by atoms with E-state index in [2.05, 4.69) is 17.1 Å². The fourth-order valence-corrected chi connectivity index (χ4v) is 2.76. The van der Waals surface area contributed by atoms with Crippen molar-refractivity contribution in [2.45, 2.75) is 20.1 Å². The SMILES string of the molecule is Cc1cccc2c(N)nc(-c3ccc4c(c3)COC4)nc12. The number of nitrogen functional groups attached to an aromatic ring is 1. The molecule has 3 aromatic rings. The Morgan fingerprint density at radius 1 is 1.05 bits per heavy atom. The van der Waals surface area contributed by atoms with Gasteiger partial charge < -0.3 is 10.5 Å². The average molecular weight is 277 g/mol. The molecule has 104 valence electrons. The predicted octanol–water partition coefficient (Wildman–Crippen LogP) is 3.22.